The number of hydrogen-bond donors (Lipinski definition) is 1. The Balaban J connectivity index is 1.54. The molecule has 3 aromatic heterocycles. The molecular formula is C18H13F4N7O. The van der Waals surface area contributed by atoms with Crippen molar-refractivity contribution in [2.45, 2.75) is 19.6 Å². The van der Waals surface area contributed by atoms with Crippen LogP contribution in [0.2, 0.25) is 0 Å². The van der Waals surface area contributed by atoms with E-state index in [0.717, 1.165) is 17.7 Å². The molecule has 4 rings (SSSR count). The first-order chi connectivity index (χ1) is 14.2. The second-order valence-corrected chi connectivity index (χ2v) is 6.43. The van der Waals surface area contributed by atoms with Gasteiger partial charge >= 0.3 is 6.18 Å². The van der Waals surface area contributed by atoms with Gasteiger partial charge in [-0.25, -0.2) is 23.6 Å². The summed E-state index contributed by atoms with van der Waals surface area (Å²) >= 11 is 0. The van der Waals surface area contributed by atoms with Gasteiger partial charge in [0, 0.05) is 11.8 Å². The van der Waals surface area contributed by atoms with E-state index < -0.39 is 17.8 Å². The first-order valence-corrected chi connectivity index (χ1v) is 8.59. The number of alkyl halides is 3. The quantitative estimate of drug-likeness (QED) is 0.514. The molecule has 0 bridgehead atoms. The predicted molar refractivity (Wildman–Crippen MR) is 96.2 cm³/mol. The second kappa shape index (κ2) is 7.21. The number of carbonyl (C=O) groups excluding carboxylic acids is 1. The third kappa shape index (κ3) is 3.97. The van der Waals surface area contributed by atoms with E-state index in [9.17, 15) is 22.4 Å². The summed E-state index contributed by atoms with van der Waals surface area (Å²) in [4.78, 5) is 20.3. The Morgan fingerprint density at radius 3 is 2.57 bits per heavy atom. The fourth-order valence-corrected chi connectivity index (χ4v) is 2.78. The number of amides is 1. The molecule has 1 aromatic carbocycles. The van der Waals surface area contributed by atoms with Gasteiger partial charge in [-0.1, -0.05) is 12.1 Å². The van der Waals surface area contributed by atoms with E-state index in [4.69, 9.17) is 0 Å². The van der Waals surface area contributed by atoms with Crippen LogP contribution in [0.3, 0.4) is 0 Å². The number of aryl methyl sites for hydroxylation is 1. The molecule has 4 aromatic rings. The second-order valence-electron chi connectivity index (χ2n) is 6.43. The summed E-state index contributed by atoms with van der Waals surface area (Å²) in [6.07, 6.45) is -3.30. The minimum Gasteiger partial charge on any atom is -0.288 e. The van der Waals surface area contributed by atoms with Gasteiger partial charge in [0.1, 0.15) is 17.8 Å². The summed E-state index contributed by atoms with van der Waals surface area (Å²) in [5, 5.41) is 10.2. The SMILES string of the molecule is Cc1cc(C(F)(F)F)n2nc(C(=O)Nc3ncn(Cc4ccc(F)cc4)n3)cc2n1. The lowest BCUT2D eigenvalue weighted by atomic mass is 10.2. The molecule has 0 aliphatic carbocycles. The molecule has 0 atom stereocenters. The summed E-state index contributed by atoms with van der Waals surface area (Å²) in [6.45, 7) is 1.70. The van der Waals surface area contributed by atoms with Gasteiger partial charge in [0.15, 0.2) is 11.3 Å². The lowest BCUT2D eigenvalue weighted by molar-refractivity contribution is -0.142. The lowest BCUT2D eigenvalue weighted by Crippen LogP contribution is -2.16. The normalized spacial score (nSPS) is 11.8. The summed E-state index contributed by atoms with van der Waals surface area (Å²) < 4.78 is 54.6. The summed E-state index contributed by atoms with van der Waals surface area (Å²) in [6, 6.07) is 7.78. The van der Waals surface area contributed by atoms with Gasteiger partial charge in [0.05, 0.1) is 6.54 Å². The van der Waals surface area contributed by atoms with Crippen LogP contribution in [-0.4, -0.2) is 35.3 Å². The van der Waals surface area contributed by atoms with E-state index in [0.29, 0.717) is 4.52 Å². The molecule has 0 radical (unpaired) electrons. The zero-order valence-electron chi connectivity index (χ0n) is 15.4. The van der Waals surface area contributed by atoms with Crippen LogP contribution in [0.4, 0.5) is 23.5 Å². The van der Waals surface area contributed by atoms with E-state index >= 15 is 0 Å². The minimum atomic E-state index is -4.66. The Bertz CT molecular complexity index is 1230. The number of halogens is 4. The Morgan fingerprint density at radius 1 is 1.13 bits per heavy atom. The van der Waals surface area contributed by atoms with Crippen LogP contribution >= 0.6 is 0 Å². The Kier molecular flexibility index (Phi) is 4.68. The van der Waals surface area contributed by atoms with Crippen LogP contribution in [0.25, 0.3) is 5.65 Å². The molecule has 0 aliphatic heterocycles. The molecule has 1 amide bonds. The Labute approximate surface area is 166 Å². The number of anilines is 1. The maximum atomic E-state index is 13.2. The van der Waals surface area contributed by atoms with Crippen molar-refractivity contribution in [3.05, 3.63) is 71.2 Å². The summed E-state index contributed by atoms with van der Waals surface area (Å²) in [7, 11) is 0. The zero-order valence-corrected chi connectivity index (χ0v) is 15.4. The highest BCUT2D eigenvalue weighted by atomic mass is 19.4. The molecule has 0 spiro atoms. The predicted octanol–water partition coefficient (Wildman–Crippen LogP) is 3.09. The number of hydrogen-bond acceptors (Lipinski definition) is 5. The third-order valence-corrected chi connectivity index (χ3v) is 4.10. The van der Waals surface area contributed by atoms with Gasteiger partial charge in [-0.15, -0.1) is 5.10 Å². The fourth-order valence-electron chi connectivity index (χ4n) is 2.78. The van der Waals surface area contributed by atoms with Crippen molar-refractivity contribution in [3.8, 4) is 0 Å². The van der Waals surface area contributed by atoms with Crippen LogP contribution in [0.15, 0.2) is 42.7 Å². The number of aromatic nitrogens is 6. The Morgan fingerprint density at radius 2 is 1.87 bits per heavy atom. The average molecular weight is 419 g/mol. The van der Waals surface area contributed by atoms with Crippen LogP contribution in [-0.2, 0) is 12.7 Å². The molecule has 0 saturated carbocycles. The van der Waals surface area contributed by atoms with E-state index in [1.165, 1.54) is 30.1 Å². The van der Waals surface area contributed by atoms with E-state index in [2.05, 4.69) is 25.5 Å². The molecule has 3 heterocycles. The van der Waals surface area contributed by atoms with E-state index in [1.807, 2.05) is 0 Å². The van der Waals surface area contributed by atoms with Gasteiger partial charge in [-0.3, -0.25) is 10.1 Å². The highest BCUT2D eigenvalue weighted by molar-refractivity contribution is 6.02. The van der Waals surface area contributed by atoms with Crippen LogP contribution < -0.4 is 5.32 Å². The molecule has 8 nitrogen and oxygen atoms in total. The topological polar surface area (TPSA) is 90.0 Å². The number of benzene rings is 1. The van der Waals surface area contributed by atoms with E-state index in [-0.39, 0.29) is 35.3 Å². The average Bonchev–Trinajstić information content (AvgIpc) is 3.28. The molecule has 1 N–H and O–H groups in total. The van der Waals surface area contributed by atoms with Crippen molar-refractivity contribution in [1.29, 1.82) is 0 Å². The molecule has 0 unspecified atom stereocenters. The summed E-state index contributed by atoms with van der Waals surface area (Å²) in [5.41, 5.74) is -0.509. The largest absolute Gasteiger partial charge is 0.433 e. The van der Waals surface area contributed by atoms with Crippen molar-refractivity contribution in [1.82, 2.24) is 29.4 Å². The fraction of sp³-hybridized carbons (Fsp3) is 0.167. The maximum absolute atomic E-state index is 13.2. The highest BCUT2D eigenvalue weighted by Gasteiger charge is 2.35. The highest BCUT2D eigenvalue weighted by Crippen LogP contribution is 2.29. The number of rotatable bonds is 4. The van der Waals surface area contributed by atoms with Crippen molar-refractivity contribution in [2.24, 2.45) is 0 Å². The van der Waals surface area contributed by atoms with Gasteiger partial charge in [-0.05, 0) is 30.7 Å². The number of carbonyl (C=O) groups is 1. The van der Waals surface area contributed by atoms with Crippen LogP contribution in [0.5, 0.6) is 0 Å². The molecular weight excluding hydrogens is 406 g/mol. The minimum absolute atomic E-state index is 0.0562. The Hall–Kier alpha value is -3.83. The van der Waals surface area contributed by atoms with E-state index in [1.54, 1.807) is 12.1 Å². The maximum Gasteiger partial charge on any atom is 0.433 e. The third-order valence-electron chi connectivity index (χ3n) is 4.10. The van der Waals surface area contributed by atoms with Crippen molar-refractivity contribution in [3.63, 3.8) is 0 Å². The first-order valence-electron chi connectivity index (χ1n) is 8.59. The van der Waals surface area contributed by atoms with Gasteiger partial charge in [-0.2, -0.15) is 18.3 Å². The zero-order chi connectivity index (χ0) is 21.5. The van der Waals surface area contributed by atoms with Gasteiger partial charge < -0.3 is 0 Å². The number of fused-ring (bicyclic) bond motifs is 1. The lowest BCUT2D eigenvalue weighted by Gasteiger charge is -2.08. The molecule has 0 fully saturated rings. The standard InChI is InChI=1S/C18H13F4N7O/c1-10-6-14(18(20,21)22)29-15(24-10)7-13(26-29)16(30)25-17-23-9-28(27-17)8-11-2-4-12(19)5-3-11/h2-7,9H,8H2,1H3,(H,25,27,30). The van der Waals surface area contributed by atoms with Gasteiger partial charge in [0.25, 0.3) is 5.91 Å². The monoisotopic (exact) mass is 419 g/mol. The molecule has 0 aliphatic rings. The first kappa shape index (κ1) is 19.5. The van der Waals surface area contributed by atoms with Crippen molar-refractivity contribution < 1.29 is 22.4 Å². The van der Waals surface area contributed by atoms with Crippen LogP contribution in [0, 0.1) is 12.7 Å². The molecule has 30 heavy (non-hydrogen) atoms. The number of nitrogens with zero attached hydrogens (tertiary/aromatic N) is 6. The summed E-state index contributed by atoms with van der Waals surface area (Å²) in [5.74, 6) is -1.21. The molecule has 154 valence electrons. The molecule has 12 heteroatoms. The van der Waals surface area contributed by atoms with Crippen molar-refractivity contribution >= 4 is 17.5 Å². The number of nitrogens with one attached hydrogen (secondary N) is 1. The van der Waals surface area contributed by atoms with Crippen molar-refractivity contribution in [2.75, 3.05) is 5.32 Å². The smallest absolute Gasteiger partial charge is 0.288 e. The van der Waals surface area contributed by atoms with Crippen LogP contribution in [0.1, 0.15) is 27.4 Å². The molecule has 0 saturated heterocycles. The van der Waals surface area contributed by atoms with Gasteiger partial charge in [0.2, 0.25) is 5.95 Å².